The Morgan fingerprint density at radius 3 is 0.784 bits per heavy atom. The minimum absolute atomic E-state index is 0. The Morgan fingerprint density at radius 2 is 0.567 bits per heavy atom. The average molecular weight is 1340 g/mol. The second-order valence-corrected chi connectivity index (χ2v) is 35.4. The van der Waals surface area contributed by atoms with Crippen LogP contribution in [0.4, 0.5) is 22.7 Å². The number of benzene rings is 4. The van der Waals surface area contributed by atoms with Gasteiger partial charge < -0.3 is 31.2 Å². The monoisotopic (exact) mass is 1340 g/mol. The summed E-state index contributed by atoms with van der Waals surface area (Å²) in [6.45, 7) is 43.8. The molecule has 4 aliphatic carbocycles. The molecule has 3 aromatic heterocycles. The fraction of sp³-hybridized carbons (Fsp3) is 0.429. The first-order valence-electron chi connectivity index (χ1n) is 34.6. The minimum Gasteiger partial charge on any atom is -0.657 e. The van der Waals surface area contributed by atoms with E-state index in [0.29, 0.717) is 89.8 Å². The van der Waals surface area contributed by atoms with Gasteiger partial charge in [0.1, 0.15) is 0 Å². The fourth-order valence-corrected chi connectivity index (χ4v) is 14.1. The minimum atomic E-state index is -0.257. The smallest absolute Gasteiger partial charge is 0.657 e. The fourth-order valence-electron chi connectivity index (χ4n) is 14.1. The van der Waals surface area contributed by atoms with Crippen molar-refractivity contribution in [2.45, 2.75) is 186 Å². The van der Waals surface area contributed by atoms with Crippen LogP contribution in [0.5, 0.6) is 0 Å². The first kappa shape index (κ1) is 68.8. The summed E-state index contributed by atoms with van der Waals surface area (Å²) in [7, 11) is 0. The van der Waals surface area contributed by atoms with Gasteiger partial charge in [0.15, 0.2) is 0 Å². The number of nitrogens with one attached hydrogen (secondary N) is 4. The van der Waals surface area contributed by atoms with Crippen LogP contribution in [0, 0.1) is 45.3 Å². The summed E-state index contributed by atoms with van der Waals surface area (Å²) in [6, 6.07) is 33.3. The molecule has 4 N–H and O–H groups in total. The quantitative estimate of drug-likeness (QED) is 0.0936. The SMILES string of the molecule is CC(C)(C)c1cc(-c2c3nc(c(-c4c(NC(=O)[C@H]5CC5(C)C)cccc4NC(=O)[C@@H]4CC4(C)C)c4ccc([n-]4)c(-c4cc(C(C)(C)C)cc(C(C)(C)C)c4)c4nc(c(-c5c(NC(=O)[C@H]6CC6(C)C)cccc5NC(=O)[C@@H]5CC5(C)C)c5ccc2[n-]5)C=C4)C=C3)cc(C(C)(C)C)c1.[Co+2]. The van der Waals surface area contributed by atoms with E-state index in [1.54, 1.807) is 0 Å². The number of fused-ring (bicyclic) bond motifs is 8. The third-order valence-corrected chi connectivity index (χ3v) is 21.5. The topological polar surface area (TPSA) is 170 Å². The Labute approximate surface area is 584 Å². The molecule has 7 aromatic rings. The maximum atomic E-state index is 14.6. The van der Waals surface area contributed by atoms with Crippen LogP contribution in [0.25, 0.3) is 90.9 Å². The van der Waals surface area contributed by atoms with Gasteiger partial charge in [0.05, 0.1) is 45.5 Å². The van der Waals surface area contributed by atoms with Crippen molar-refractivity contribution in [2.75, 3.05) is 21.3 Å². The molecule has 4 fully saturated rings. The Morgan fingerprint density at radius 1 is 0.351 bits per heavy atom. The molecule has 0 saturated heterocycles. The van der Waals surface area contributed by atoms with Crippen LogP contribution in [0.2, 0.25) is 0 Å². The van der Waals surface area contributed by atoms with Crippen molar-refractivity contribution in [3.05, 3.63) is 142 Å². The Kier molecular flexibility index (Phi) is 16.7. The molecule has 4 aromatic carbocycles. The van der Waals surface area contributed by atoms with Crippen molar-refractivity contribution >= 4 is 92.7 Å². The van der Waals surface area contributed by atoms with Gasteiger partial charge in [-0.05, 0) is 173 Å². The van der Waals surface area contributed by atoms with Gasteiger partial charge in [-0.25, -0.2) is 9.97 Å². The number of hydrogen-bond donors (Lipinski definition) is 4. The Bertz CT molecular complexity index is 4240. The van der Waals surface area contributed by atoms with Gasteiger partial charge in [0.25, 0.3) is 0 Å². The summed E-state index contributed by atoms with van der Waals surface area (Å²) in [6.07, 6.45) is 11.2. The number of carbonyl (C=O) groups excluding carboxylic acids is 4. The van der Waals surface area contributed by atoms with Crippen molar-refractivity contribution in [1.29, 1.82) is 0 Å². The molecule has 97 heavy (non-hydrogen) atoms. The van der Waals surface area contributed by atoms with Gasteiger partial charge in [-0.3, -0.25) is 19.2 Å². The first-order chi connectivity index (χ1) is 44.7. The Balaban J connectivity index is 0.00000897. The first-order valence-corrected chi connectivity index (χ1v) is 34.6. The number of rotatable bonds is 12. The standard InChI is InChI=1S/C84H98N8O4.Co/c1-77(2,3)47-35-45(36-48(39-47)78(4,5)6)67-59-27-31-63(85-59)71(69-55(89-73(93)51-41-81(51,13)14)23-21-24-56(69)90-74(94)52-42-82(52,15)16)65-33-29-61(87-65)68(46-37-49(79(7,8)9)40-50(38-46)80(10,11)12)62-30-34-66(88-62)72(64-32-28-60(67)86-64)70-57(91-75(95)53-43-83(53,17)18)25-22-26-58(70)92-76(96)54-44-84(54,19)20;/h21-40,51-54H,41-44H2,1-20H3,(H6,85,86,87,88,89,90,91,92,93,94,95,96);/q;+2/p-2/t51-,52+,53-,54+;. The van der Waals surface area contributed by atoms with Crippen LogP contribution < -0.4 is 31.2 Å². The molecule has 0 unspecified atom stereocenters. The summed E-state index contributed by atoms with van der Waals surface area (Å²) in [4.78, 5) is 81.6. The van der Waals surface area contributed by atoms with Crippen LogP contribution in [0.3, 0.4) is 0 Å². The molecule has 4 atom stereocenters. The second kappa shape index (κ2) is 23.5. The van der Waals surface area contributed by atoms with Gasteiger partial charge in [0.2, 0.25) is 23.6 Å². The molecule has 13 rings (SSSR count). The summed E-state index contributed by atoms with van der Waals surface area (Å²) in [5.41, 5.74) is 15.6. The maximum Gasteiger partial charge on any atom is 2.00 e. The van der Waals surface area contributed by atoms with Gasteiger partial charge in [-0.1, -0.05) is 211 Å². The second-order valence-electron chi connectivity index (χ2n) is 35.4. The third-order valence-electron chi connectivity index (χ3n) is 21.5. The van der Waals surface area contributed by atoms with E-state index in [4.69, 9.17) is 19.9 Å². The van der Waals surface area contributed by atoms with E-state index in [0.717, 1.165) is 70.2 Å². The Hall–Kier alpha value is -8.13. The molecule has 0 spiro atoms. The van der Waals surface area contributed by atoms with Crippen molar-refractivity contribution in [1.82, 2.24) is 19.9 Å². The van der Waals surface area contributed by atoms with Crippen LogP contribution in [0.15, 0.2) is 97.1 Å². The number of hydrogen-bond acceptors (Lipinski definition) is 6. The van der Waals surface area contributed by atoms with E-state index >= 15 is 0 Å². The average Bonchev–Trinajstić information content (AvgIpc) is 1.66. The third kappa shape index (κ3) is 13.4. The summed E-state index contributed by atoms with van der Waals surface area (Å²) in [5.74, 6) is -1.16. The molecule has 505 valence electrons. The molecule has 13 heteroatoms. The van der Waals surface area contributed by atoms with Crippen molar-refractivity contribution in [3.63, 3.8) is 0 Å². The van der Waals surface area contributed by atoms with E-state index in [2.05, 4.69) is 220 Å². The van der Waals surface area contributed by atoms with Crippen LogP contribution in [0.1, 0.15) is 209 Å². The van der Waals surface area contributed by atoms with Crippen LogP contribution in [-0.4, -0.2) is 33.6 Å². The van der Waals surface area contributed by atoms with Gasteiger partial charge in [-0.15, -0.1) is 22.1 Å². The normalized spacial score (nSPS) is 19.9. The predicted molar refractivity (Wildman–Crippen MR) is 395 cm³/mol. The zero-order chi connectivity index (χ0) is 69.1. The molecular formula is C84H96CoN8O4. The molecule has 5 heterocycles. The van der Waals surface area contributed by atoms with E-state index in [1.165, 1.54) is 0 Å². The summed E-state index contributed by atoms with van der Waals surface area (Å²) in [5, 5.41) is 13.6. The van der Waals surface area contributed by atoms with Gasteiger partial charge >= 0.3 is 16.8 Å². The predicted octanol–water partition coefficient (Wildman–Crippen LogP) is 19.7. The molecule has 1 radical (unpaired) electrons. The summed E-state index contributed by atoms with van der Waals surface area (Å²) < 4.78 is 0. The van der Waals surface area contributed by atoms with E-state index in [-0.39, 0.29) is 107 Å². The molecule has 8 bridgehead atoms. The van der Waals surface area contributed by atoms with Gasteiger partial charge in [0, 0.05) is 34.8 Å². The van der Waals surface area contributed by atoms with Gasteiger partial charge in [-0.2, -0.15) is 0 Å². The van der Waals surface area contributed by atoms with Crippen molar-refractivity contribution in [2.24, 2.45) is 45.3 Å². The van der Waals surface area contributed by atoms with E-state index < -0.39 is 0 Å². The van der Waals surface area contributed by atoms with Crippen molar-refractivity contribution < 1.29 is 36.0 Å². The molecule has 4 amide bonds. The summed E-state index contributed by atoms with van der Waals surface area (Å²) >= 11 is 0. The number of nitrogens with zero attached hydrogens (tertiary/aromatic N) is 4. The molecular weight excluding hydrogens is 1240 g/mol. The largest absolute Gasteiger partial charge is 2.00 e. The van der Waals surface area contributed by atoms with E-state index in [9.17, 15) is 19.2 Å². The van der Waals surface area contributed by atoms with Crippen LogP contribution >= 0.6 is 0 Å². The van der Waals surface area contributed by atoms with Crippen molar-refractivity contribution in [3.8, 4) is 44.5 Å². The molecule has 12 nitrogen and oxygen atoms in total. The van der Waals surface area contributed by atoms with Crippen LogP contribution in [-0.2, 0) is 57.6 Å². The number of anilines is 4. The van der Waals surface area contributed by atoms with E-state index in [1.807, 2.05) is 60.7 Å². The molecule has 6 aliphatic rings. The molecule has 4 saturated carbocycles. The maximum absolute atomic E-state index is 14.6. The number of aromatic nitrogens is 4. The zero-order valence-corrected chi connectivity index (χ0v) is 61.5. The number of amides is 4. The molecule has 2 aliphatic heterocycles. The number of carbonyl (C=O) groups is 4. The zero-order valence-electron chi connectivity index (χ0n) is 60.4.